The maximum Gasteiger partial charge on any atom is 0.264 e. The minimum absolute atomic E-state index is 0.0366. The SMILES string of the molecule is CCC#CC(=N)c1c(N)ncnc1NCc1cc2cccc(C)c2c(=O)n1-c1ncccc1C. The largest absolute Gasteiger partial charge is 0.383 e. The molecule has 1 aromatic carbocycles. The Kier molecular flexibility index (Phi) is 6.37. The predicted octanol–water partition coefficient (Wildman–Crippen LogP) is 3.77. The van der Waals surface area contributed by atoms with Crippen molar-refractivity contribution in [1.29, 1.82) is 5.41 Å². The monoisotopic (exact) mass is 451 g/mol. The molecule has 0 atom stereocenters. The standard InChI is InChI=1S/C26H25N7O/c1-4-5-11-20(27)22-23(28)31-15-32-24(22)30-14-19-13-18-10-6-8-16(2)21(18)26(34)33(19)25-17(3)9-7-12-29-25/h6-10,12-13,15,27H,4,14H2,1-3H3,(H3,28,30,31,32). The summed E-state index contributed by atoms with van der Waals surface area (Å²) >= 11 is 0. The molecular formula is C26H25N7O. The molecule has 0 radical (unpaired) electrons. The zero-order valence-corrected chi connectivity index (χ0v) is 19.3. The van der Waals surface area contributed by atoms with Gasteiger partial charge in [-0.15, -0.1) is 0 Å². The van der Waals surface area contributed by atoms with Crippen LogP contribution < -0.4 is 16.6 Å². The van der Waals surface area contributed by atoms with Crippen molar-refractivity contribution in [2.45, 2.75) is 33.7 Å². The van der Waals surface area contributed by atoms with Crippen molar-refractivity contribution in [2.24, 2.45) is 0 Å². The average molecular weight is 452 g/mol. The van der Waals surface area contributed by atoms with Gasteiger partial charge in [-0.1, -0.05) is 37.1 Å². The smallest absolute Gasteiger partial charge is 0.264 e. The summed E-state index contributed by atoms with van der Waals surface area (Å²) in [6.07, 6.45) is 3.62. The third-order valence-corrected chi connectivity index (χ3v) is 5.48. The molecule has 0 aliphatic carbocycles. The van der Waals surface area contributed by atoms with E-state index in [9.17, 15) is 4.79 Å². The highest BCUT2D eigenvalue weighted by Crippen LogP contribution is 2.22. The van der Waals surface area contributed by atoms with Crippen LogP contribution >= 0.6 is 0 Å². The number of hydrogen-bond donors (Lipinski definition) is 3. The number of aromatic nitrogens is 4. The fourth-order valence-corrected chi connectivity index (χ4v) is 3.86. The van der Waals surface area contributed by atoms with Gasteiger partial charge in [0.15, 0.2) is 0 Å². The van der Waals surface area contributed by atoms with Crippen LogP contribution in [0.4, 0.5) is 11.6 Å². The molecule has 0 fully saturated rings. The topological polar surface area (TPSA) is 123 Å². The predicted molar refractivity (Wildman–Crippen MR) is 135 cm³/mol. The molecule has 3 heterocycles. The van der Waals surface area contributed by atoms with Gasteiger partial charge < -0.3 is 11.1 Å². The first-order valence-corrected chi connectivity index (χ1v) is 10.9. The van der Waals surface area contributed by atoms with Crippen molar-refractivity contribution in [3.8, 4) is 17.7 Å². The molecule has 0 aliphatic heterocycles. The Labute approximate surface area is 197 Å². The maximum atomic E-state index is 13.7. The molecule has 0 bridgehead atoms. The second-order valence-electron chi connectivity index (χ2n) is 7.83. The molecule has 0 saturated heterocycles. The Hall–Kier alpha value is -4.51. The van der Waals surface area contributed by atoms with Gasteiger partial charge in [-0.05, 0) is 48.4 Å². The van der Waals surface area contributed by atoms with E-state index in [0.717, 1.165) is 16.5 Å². The van der Waals surface area contributed by atoms with Gasteiger partial charge in [-0.3, -0.25) is 14.8 Å². The molecule has 0 aliphatic rings. The molecular weight excluding hydrogens is 426 g/mol. The van der Waals surface area contributed by atoms with Crippen LogP contribution in [0.2, 0.25) is 0 Å². The van der Waals surface area contributed by atoms with E-state index in [-0.39, 0.29) is 23.6 Å². The van der Waals surface area contributed by atoms with Gasteiger partial charge in [-0.25, -0.2) is 15.0 Å². The van der Waals surface area contributed by atoms with Crippen LogP contribution in [-0.2, 0) is 6.54 Å². The quantitative estimate of drug-likeness (QED) is 0.314. The summed E-state index contributed by atoms with van der Waals surface area (Å²) in [5.74, 6) is 6.77. The number of rotatable bonds is 5. The number of nitrogens with two attached hydrogens (primary N) is 1. The van der Waals surface area contributed by atoms with Gasteiger partial charge in [-0.2, -0.15) is 0 Å². The lowest BCUT2D eigenvalue weighted by Crippen LogP contribution is -2.26. The molecule has 170 valence electrons. The van der Waals surface area contributed by atoms with Gasteiger partial charge in [0.2, 0.25) is 0 Å². The van der Waals surface area contributed by atoms with Gasteiger partial charge in [0.05, 0.1) is 17.5 Å². The first-order valence-electron chi connectivity index (χ1n) is 10.9. The van der Waals surface area contributed by atoms with Gasteiger partial charge in [0, 0.05) is 18.3 Å². The first kappa shape index (κ1) is 22.7. The molecule has 0 amide bonds. The first-order chi connectivity index (χ1) is 16.4. The minimum atomic E-state index is -0.141. The summed E-state index contributed by atoms with van der Waals surface area (Å²) in [5.41, 5.74) is 8.76. The summed E-state index contributed by atoms with van der Waals surface area (Å²) in [5, 5.41) is 13.1. The third-order valence-electron chi connectivity index (χ3n) is 5.48. The van der Waals surface area contributed by atoms with E-state index in [0.29, 0.717) is 34.7 Å². The van der Waals surface area contributed by atoms with Gasteiger partial charge >= 0.3 is 0 Å². The van der Waals surface area contributed by atoms with Crippen LogP contribution in [0.1, 0.15) is 35.7 Å². The molecule has 3 aromatic heterocycles. The molecule has 4 N–H and O–H groups in total. The second kappa shape index (κ2) is 9.55. The zero-order valence-electron chi connectivity index (χ0n) is 19.3. The van der Waals surface area contributed by atoms with Crippen LogP contribution in [0.15, 0.2) is 53.7 Å². The van der Waals surface area contributed by atoms with E-state index < -0.39 is 0 Å². The summed E-state index contributed by atoms with van der Waals surface area (Å²) in [6.45, 7) is 6.00. The summed E-state index contributed by atoms with van der Waals surface area (Å²) < 4.78 is 1.63. The number of nitrogens with zero attached hydrogens (tertiary/aromatic N) is 4. The number of benzene rings is 1. The van der Waals surface area contributed by atoms with E-state index in [4.69, 9.17) is 11.1 Å². The molecule has 4 rings (SSSR count). The fraction of sp³-hybridized carbons (Fsp3) is 0.192. The Balaban J connectivity index is 1.85. The highest BCUT2D eigenvalue weighted by Gasteiger charge is 2.17. The molecule has 0 unspecified atom stereocenters. The number of nitrogen functional groups attached to an aromatic ring is 1. The second-order valence-corrected chi connectivity index (χ2v) is 7.83. The number of hydrogen-bond acceptors (Lipinski definition) is 7. The molecule has 4 aromatic rings. The van der Waals surface area contributed by atoms with E-state index in [1.54, 1.807) is 10.8 Å². The minimum Gasteiger partial charge on any atom is -0.383 e. The van der Waals surface area contributed by atoms with Crippen LogP contribution in [-0.4, -0.2) is 25.2 Å². The van der Waals surface area contributed by atoms with Crippen molar-refractivity contribution in [2.75, 3.05) is 11.1 Å². The zero-order chi connectivity index (χ0) is 24.2. The highest BCUT2D eigenvalue weighted by atomic mass is 16.1. The molecule has 8 heteroatoms. The van der Waals surface area contributed by atoms with Crippen molar-refractivity contribution in [3.63, 3.8) is 0 Å². The summed E-state index contributed by atoms with van der Waals surface area (Å²) in [6, 6.07) is 11.5. The van der Waals surface area contributed by atoms with Crippen LogP contribution in [0.5, 0.6) is 0 Å². The fourth-order valence-electron chi connectivity index (χ4n) is 3.86. The average Bonchev–Trinajstić information content (AvgIpc) is 2.82. The van der Waals surface area contributed by atoms with Crippen LogP contribution in [0.25, 0.3) is 16.6 Å². The van der Waals surface area contributed by atoms with Crippen LogP contribution in [0.3, 0.4) is 0 Å². The van der Waals surface area contributed by atoms with E-state index in [2.05, 4.69) is 32.1 Å². The van der Waals surface area contributed by atoms with Crippen molar-refractivity contribution in [1.82, 2.24) is 19.5 Å². The summed E-state index contributed by atoms with van der Waals surface area (Å²) in [4.78, 5) is 26.5. The van der Waals surface area contributed by atoms with E-state index in [1.165, 1.54) is 6.33 Å². The van der Waals surface area contributed by atoms with Crippen molar-refractivity contribution in [3.05, 3.63) is 81.7 Å². The Bertz CT molecular complexity index is 1530. The normalized spacial score (nSPS) is 10.6. The van der Waals surface area contributed by atoms with Crippen LogP contribution in [0, 0.1) is 31.1 Å². The van der Waals surface area contributed by atoms with E-state index in [1.807, 2.05) is 57.2 Å². The highest BCUT2D eigenvalue weighted by molar-refractivity contribution is 6.16. The number of aryl methyl sites for hydroxylation is 2. The van der Waals surface area contributed by atoms with E-state index >= 15 is 0 Å². The third kappa shape index (κ3) is 4.24. The van der Waals surface area contributed by atoms with Gasteiger partial charge in [0.25, 0.3) is 5.56 Å². The number of fused-ring (bicyclic) bond motifs is 1. The number of nitrogens with one attached hydrogen (secondary N) is 2. The number of pyridine rings is 2. The Morgan fingerprint density at radius 3 is 2.71 bits per heavy atom. The molecule has 0 saturated carbocycles. The Morgan fingerprint density at radius 1 is 1.15 bits per heavy atom. The molecule has 0 spiro atoms. The Morgan fingerprint density at radius 2 is 1.94 bits per heavy atom. The molecule has 34 heavy (non-hydrogen) atoms. The summed E-state index contributed by atoms with van der Waals surface area (Å²) in [7, 11) is 0. The number of anilines is 2. The van der Waals surface area contributed by atoms with Crippen molar-refractivity contribution < 1.29 is 0 Å². The molecule has 8 nitrogen and oxygen atoms in total. The maximum absolute atomic E-state index is 13.7. The lowest BCUT2D eigenvalue weighted by Gasteiger charge is -2.18. The van der Waals surface area contributed by atoms with Gasteiger partial charge in [0.1, 0.15) is 29.5 Å². The lowest BCUT2D eigenvalue weighted by molar-refractivity contribution is 0.854. The van der Waals surface area contributed by atoms with Crippen molar-refractivity contribution >= 4 is 28.1 Å². The lowest BCUT2D eigenvalue weighted by atomic mass is 10.1.